The maximum absolute atomic E-state index is 12.4. The lowest BCUT2D eigenvalue weighted by molar-refractivity contribution is -0.116. The molecule has 2 aromatic carbocycles. The molecule has 0 saturated carbocycles. The lowest BCUT2D eigenvalue weighted by Crippen LogP contribution is -2.18. The lowest BCUT2D eigenvalue weighted by atomic mass is 10.1. The number of hydrogen-bond donors (Lipinski definition) is 1. The topological polar surface area (TPSA) is 65.4 Å². The minimum atomic E-state index is -0.146. The first kappa shape index (κ1) is 16.8. The molecule has 1 aromatic heterocycles. The first-order chi connectivity index (χ1) is 12.0. The van der Waals surface area contributed by atoms with Gasteiger partial charge >= 0.3 is 0 Å². The molecule has 3 rings (SSSR count). The second-order valence-corrected chi connectivity index (χ2v) is 5.95. The molecule has 0 aliphatic carbocycles. The van der Waals surface area contributed by atoms with Gasteiger partial charge in [0.2, 0.25) is 5.91 Å². The van der Waals surface area contributed by atoms with Crippen molar-refractivity contribution in [2.24, 2.45) is 0 Å². The molecule has 0 bridgehead atoms. The van der Waals surface area contributed by atoms with Gasteiger partial charge in [0, 0.05) is 23.9 Å². The van der Waals surface area contributed by atoms with Crippen LogP contribution in [0.3, 0.4) is 0 Å². The van der Waals surface area contributed by atoms with Gasteiger partial charge in [-0.3, -0.25) is 4.79 Å². The van der Waals surface area contributed by atoms with E-state index < -0.39 is 0 Å². The van der Waals surface area contributed by atoms with Crippen molar-refractivity contribution in [3.05, 3.63) is 47.8 Å². The molecule has 0 fully saturated rings. The number of methoxy groups -OCH3 is 2. The van der Waals surface area contributed by atoms with Gasteiger partial charge in [-0.25, -0.2) is 4.98 Å². The molecule has 6 heteroatoms. The third kappa shape index (κ3) is 3.57. The number of carbonyl (C=O) groups is 1. The Labute approximate surface area is 146 Å². The van der Waals surface area contributed by atoms with Crippen LogP contribution in [0.15, 0.2) is 36.7 Å². The summed E-state index contributed by atoms with van der Waals surface area (Å²) in [6.07, 6.45) is 1.69. The van der Waals surface area contributed by atoms with Crippen LogP contribution >= 0.6 is 0 Å². The van der Waals surface area contributed by atoms with E-state index in [-0.39, 0.29) is 12.5 Å². The number of nitrogens with zero attached hydrogens (tertiary/aromatic N) is 2. The van der Waals surface area contributed by atoms with E-state index >= 15 is 0 Å². The Morgan fingerprint density at radius 3 is 2.32 bits per heavy atom. The van der Waals surface area contributed by atoms with Crippen molar-refractivity contribution < 1.29 is 14.3 Å². The molecular formula is C19H21N3O3. The summed E-state index contributed by atoms with van der Waals surface area (Å²) in [6, 6.07) is 9.34. The first-order valence-electron chi connectivity index (χ1n) is 7.95. The van der Waals surface area contributed by atoms with Crippen LogP contribution < -0.4 is 14.8 Å². The molecule has 25 heavy (non-hydrogen) atoms. The summed E-state index contributed by atoms with van der Waals surface area (Å²) in [6.45, 7) is 4.28. The van der Waals surface area contributed by atoms with Gasteiger partial charge in [0.25, 0.3) is 0 Å². The van der Waals surface area contributed by atoms with Gasteiger partial charge in [0.1, 0.15) is 18.0 Å². The number of nitrogens with one attached hydrogen (secondary N) is 1. The number of aryl methyl sites for hydroxylation is 2. The van der Waals surface area contributed by atoms with Gasteiger partial charge < -0.3 is 19.4 Å². The highest BCUT2D eigenvalue weighted by atomic mass is 16.5. The largest absolute Gasteiger partial charge is 0.497 e. The van der Waals surface area contributed by atoms with Gasteiger partial charge in [-0.1, -0.05) is 0 Å². The molecule has 0 atom stereocenters. The second kappa shape index (κ2) is 6.84. The summed E-state index contributed by atoms with van der Waals surface area (Å²) < 4.78 is 12.3. The fourth-order valence-corrected chi connectivity index (χ4v) is 2.67. The Balaban J connectivity index is 1.80. The average Bonchev–Trinajstić information content (AvgIpc) is 2.96. The number of anilines is 1. The minimum Gasteiger partial charge on any atom is -0.497 e. The van der Waals surface area contributed by atoms with E-state index in [0.29, 0.717) is 17.2 Å². The predicted octanol–water partition coefficient (Wildman–Crippen LogP) is 3.31. The van der Waals surface area contributed by atoms with Crippen molar-refractivity contribution in [1.29, 1.82) is 0 Å². The third-order valence-electron chi connectivity index (χ3n) is 4.19. The molecule has 0 saturated heterocycles. The predicted molar refractivity (Wildman–Crippen MR) is 97.4 cm³/mol. The molecule has 0 aliphatic heterocycles. The van der Waals surface area contributed by atoms with E-state index in [4.69, 9.17) is 9.47 Å². The van der Waals surface area contributed by atoms with Crippen LogP contribution in [0.1, 0.15) is 11.1 Å². The molecule has 3 aromatic rings. The van der Waals surface area contributed by atoms with Crippen LogP contribution in [0, 0.1) is 13.8 Å². The summed E-state index contributed by atoms with van der Waals surface area (Å²) in [5.41, 5.74) is 4.82. The number of hydrogen-bond acceptors (Lipinski definition) is 4. The summed E-state index contributed by atoms with van der Waals surface area (Å²) in [7, 11) is 3.14. The zero-order valence-corrected chi connectivity index (χ0v) is 14.8. The van der Waals surface area contributed by atoms with Gasteiger partial charge in [0.05, 0.1) is 31.6 Å². The molecule has 130 valence electrons. The number of rotatable bonds is 5. The van der Waals surface area contributed by atoms with Crippen molar-refractivity contribution in [1.82, 2.24) is 9.55 Å². The van der Waals surface area contributed by atoms with Crippen molar-refractivity contribution >= 4 is 22.6 Å². The number of amides is 1. The SMILES string of the molecule is COc1cc(NC(=O)Cn2cnc3cc(C)c(C)cc32)cc(OC)c1. The van der Waals surface area contributed by atoms with E-state index in [1.54, 1.807) is 38.7 Å². The lowest BCUT2D eigenvalue weighted by Gasteiger charge is -2.11. The number of imidazole rings is 1. The number of carbonyl (C=O) groups excluding carboxylic acids is 1. The van der Waals surface area contributed by atoms with Crippen molar-refractivity contribution in [2.75, 3.05) is 19.5 Å². The van der Waals surface area contributed by atoms with Gasteiger partial charge in [0.15, 0.2) is 0 Å². The second-order valence-electron chi connectivity index (χ2n) is 5.95. The molecule has 6 nitrogen and oxygen atoms in total. The fourth-order valence-electron chi connectivity index (χ4n) is 2.67. The Bertz CT molecular complexity index is 909. The monoisotopic (exact) mass is 339 g/mol. The first-order valence-corrected chi connectivity index (χ1v) is 7.95. The minimum absolute atomic E-state index is 0.146. The smallest absolute Gasteiger partial charge is 0.244 e. The highest BCUT2D eigenvalue weighted by Gasteiger charge is 2.10. The van der Waals surface area contributed by atoms with Gasteiger partial charge in [-0.05, 0) is 37.1 Å². The number of benzene rings is 2. The summed E-state index contributed by atoms with van der Waals surface area (Å²) >= 11 is 0. The van der Waals surface area contributed by atoms with E-state index in [1.807, 2.05) is 10.6 Å². The van der Waals surface area contributed by atoms with Crippen molar-refractivity contribution in [2.45, 2.75) is 20.4 Å². The van der Waals surface area contributed by atoms with E-state index in [9.17, 15) is 4.79 Å². The van der Waals surface area contributed by atoms with Gasteiger partial charge in [-0.15, -0.1) is 0 Å². The van der Waals surface area contributed by atoms with Crippen molar-refractivity contribution in [3.63, 3.8) is 0 Å². The van der Waals surface area contributed by atoms with Crippen molar-refractivity contribution in [3.8, 4) is 11.5 Å². The maximum Gasteiger partial charge on any atom is 0.244 e. The molecule has 1 heterocycles. The molecule has 0 unspecified atom stereocenters. The zero-order valence-electron chi connectivity index (χ0n) is 14.8. The highest BCUT2D eigenvalue weighted by molar-refractivity contribution is 5.92. The summed E-state index contributed by atoms with van der Waals surface area (Å²) in [4.78, 5) is 16.8. The molecule has 1 amide bonds. The number of fused-ring (bicyclic) bond motifs is 1. The van der Waals surface area contributed by atoms with E-state index in [1.165, 1.54) is 11.1 Å². The fraction of sp³-hybridized carbons (Fsp3) is 0.263. The van der Waals surface area contributed by atoms with Crippen LogP contribution in [-0.2, 0) is 11.3 Å². The van der Waals surface area contributed by atoms with Crippen LogP contribution in [0.2, 0.25) is 0 Å². The highest BCUT2D eigenvalue weighted by Crippen LogP contribution is 2.26. The van der Waals surface area contributed by atoms with Gasteiger partial charge in [-0.2, -0.15) is 0 Å². The van der Waals surface area contributed by atoms with Crippen LogP contribution in [0.25, 0.3) is 11.0 Å². The molecule has 1 N–H and O–H groups in total. The molecule has 0 aliphatic rings. The zero-order chi connectivity index (χ0) is 18.0. The summed E-state index contributed by atoms with van der Waals surface area (Å²) in [5.74, 6) is 1.09. The Morgan fingerprint density at radius 2 is 1.68 bits per heavy atom. The molecule has 0 spiro atoms. The van der Waals surface area contributed by atoms with Crippen LogP contribution in [-0.4, -0.2) is 29.7 Å². The standard InChI is InChI=1S/C19H21N3O3/c1-12-5-17-18(6-13(12)2)22(11-20-17)10-19(23)21-14-7-15(24-3)9-16(8-14)25-4/h5-9,11H,10H2,1-4H3,(H,21,23). The third-order valence-corrected chi connectivity index (χ3v) is 4.19. The molecular weight excluding hydrogens is 318 g/mol. The average molecular weight is 339 g/mol. The number of aromatic nitrogens is 2. The number of ether oxygens (including phenoxy) is 2. The van der Waals surface area contributed by atoms with Crippen LogP contribution in [0.4, 0.5) is 5.69 Å². The normalized spacial score (nSPS) is 10.7. The quantitative estimate of drug-likeness (QED) is 0.774. The van der Waals surface area contributed by atoms with Crippen LogP contribution in [0.5, 0.6) is 11.5 Å². The summed E-state index contributed by atoms with van der Waals surface area (Å²) in [5, 5.41) is 2.87. The Hall–Kier alpha value is -3.02. The van der Waals surface area contributed by atoms with E-state index in [0.717, 1.165) is 11.0 Å². The molecule has 0 radical (unpaired) electrons. The Morgan fingerprint density at radius 1 is 1.04 bits per heavy atom. The van der Waals surface area contributed by atoms with E-state index in [2.05, 4.69) is 30.2 Å². The Kier molecular flexibility index (Phi) is 4.61. The maximum atomic E-state index is 12.4.